The minimum absolute atomic E-state index is 0.114. The van der Waals surface area contributed by atoms with Gasteiger partial charge in [0.1, 0.15) is 6.54 Å². The van der Waals surface area contributed by atoms with Gasteiger partial charge < -0.3 is 5.32 Å². The third-order valence-corrected chi connectivity index (χ3v) is 5.17. The fourth-order valence-corrected chi connectivity index (χ4v) is 3.61. The SMILES string of the molecule is CC(C(=O)N1CC(=O)Nc2cc(C(F)(F)F)ccc21)N1CCN(CC(F)(F)F)CC1. The van der Waals surface area contributed by atoms with Gasteiger partial charge in [-0.3, -0.25) is 24.3 Å². The molecule has 1 unspecified atom stereocenters. The van der Waals surface area contributed by atoms with E-state index in [0.717, 1.165) is 23.1 Å². The smallest absolute Gasteiger partial charge is 0.323 e. The van der Waals surface area contributed by atoms with Gasteiger partial charge >= 0.3 is 12.4 Å². The molecule has 12 heteroatoms. The number of amides is 2. The highest BCUT2D eigenvalue weighted by Gasteiger charge is 2.37. The number of alkyl halides is 6. The van der Waals surface area contributed by atoms with Crippen molar-refractivity contribution in [2.45, 2.75) is 25.3 Å². The Labute approximate surface area is 168 Å². The third-order valence-electron chi connectivity index (χ3n) is 5.17. The number of nitrogens with one attached hydrogen (secondary N) is 1. The third kappa shape index (κ3) is 5.04. The first kappa shape index (κ1) is 22.3. The average molecular weight is 438 g/mol. The van der Waals surface area contributed by atoms with Gasteiger partial charge in [0.05, 0.1) is 29.5 Å². The first-order valence-electron chi connectivity index (χ1n) is 9.21. The Kier molecular flexibility index (Phi) is 6.01. The number of carbonyl (C=O) groups is 2. The molecule has 2 heterocycles. The molecule has 2 amide bonds. The minimum atomic E-state index is -4.60. The van der Waals surface area contributed by atoms with E-state index < -0.39 is 42.3 Å². The number of rotatable bonds is 3. The molecule has 3 rings (SSSR count). The lowest BCUT2D eigenvalue weighted by Crippen LogP contribution is -2.57. The number of piperazine rings is 1. The average Bonchev–Trinajstić information content (AvgIpc) is 2.64. The zero-order chi connectivity index (χ0) is 22.3. The van der Waals surface area contributed by atoms with Crippen molar-refractivity contribution >= 4 is 23.2 Å². The number of fused-ring (bicyclic) bond motifs is 1. The summed E-state index contributed by atoms with van der Waals surface area (Å²) in [6.45, 7) is 0.899. The molecule has 1 aromatic rings. The zero-order valence-corrected chi connectivity index (χ0v) is 16.0. The fraction of sp³-hybridized carbons (Fsp3) is 0.556. The second-order valence-electron chi connectivity index (χ2n) is 7.31. The Morgan fingerprint density at radius 2 is 1.73 bits per heavy atom. The molecular formula is C18H20F6N4O2. The molecule has 2 aliphatic heterocycles. The molecule has 30 heavy (non-hydrogen) atoms. The van der Waals surface area contributed by atoms with Crippen LogP contribution in [0, 0.1) is 0 Å². The molecule has 1 atom stereocenters. The number of carbonyl (C=O) groups excluding carboxylic acids is 2. The van der Waals surface area contributed by atoms with E-state index in [9.17, 15) is 35.9 Å². The van der Waals surface area contributed by atoms with Crippen LogP contribution in [-0.4, -0.2) is 73.1 Å². The van der Waals surface area contributed by atoms with Crippen LogP contribution in [0.2, 0.25) is 0 Å². The maximum atomic E-state index is 13.0. The molecule has 0 spiro atoms. The summed E-state index contributed by atoms with van der Waals surface area (Å²) >= 11 is 0. The molecular weight excluding hydrogens is 418 g/mol. The molecule has 1 aromatic carbocycles. The predicted molar refractivity (Wildman–Crippen MR) is 96.0 cm³/mol. The molecule has 2 aliphatic rings. The molecule has 1 fully saturated rings. The second-order valence-corrected chi connectivity index (χ2v) is 7.31. The van der Waals surface area contributed by atoms with Crippen LogP contribution in [0.3, 0.4) is 0 Å². The Hall–Kier alpha value is -2.34. The highest BCUT2D eigenvalue weighted by atomic mass is 19.4. The van der Waals surface area contributed by atoms with Crippen LogP contribution >= 0.6 is 0 Å². The number of hydrogen-bond donors (Lipinski definition) is 1. The molecule has 0 saturated carbocycles. The first-order chi connectivity index (χ1) is 13.8. The predicted octanol–water partition coefficient (Wildman–Crippen LogP) is 2.56. The van der Waals surface area contributed by atoms with Crippen molar-refractivity contribution in [3.63, 3.8) is 0 Å². The molecule has 166 valence electrons. The van der Waals surface area contributed by atoms with Gasteiger partial charge in [-0.25, -0.2) is 0 Å². The van der Waals surface area contributed by atoms with Gasteiger partial charge in [0, 0.05) is 26.2 Å². The standard InChI is InChI=1S/C18H20F6N4O2/c1-11(27-6-4-26(5-7-27)10-17(19,20)21)16(30)28-9-15(29)25-13-8-12(18(22,23)24)2-3-14(13)28/h2-3,8,11H,4-7,9-10H2,1H3,(H,25,29). The van der Waals surface area contributed by atoms with E-state index in [2.05, 4.69) is 5.32 Å². The maximum absolute atomic E-state index is 13.0. The molecule has 0 aliphatic carbocycles. The quantitative estimate of drug-likeness (QED) is 0.738. The topological polar surface area (TPSA) is 55.9 Å². The molecule has 1 saturated heterocycles. The van der Waals surface area contributed by atoms with Crippen LogP contribution in [0.1, 0.15) is 12.5 Å². The van der Waals surface area contributed by atoms with Gasteiger partial charge in [-0.15, -0.1) is 0 Å². The van der Waals surface area contributed by atoms with E-state index >= 15 is 0 Å². The van der Waals surface area contributed by atoms with Crippen molar-refractivity contribution in [3.8, 4) is 0 Å². The Morgan fingerprint density at radius 1 is 1.10 bits per heavy atom. The van der Waals surface area contributed by atoms with Crippen molar-refractivity contribution < 1.29 is 35.9 Å². The van der Waals surface area contributed by atoms with E-state index in [1.165, 1.54) is 4.90 Å². The molecule has 0 radical (unpaired) electrons. The van der Waals surface area contributed by atoms with E-state index in [-0.39, 0.29) is 44.1 Å². The summed E-state index contributed by atoms with van der Waals surface area (Å²) < 4.78 is 76.4. The summed E-state index contributed by atoms with van der Waals surface area (Å²) in [5.41, 5.74) is -0.920. The second kappa shape index (κ2) is 8.06. The van der Waals surface area contributed by atoms with Gasteiger partial charge in [-0.1, -0.05) is 0 Å². The summed E-state index contributed by atoms with van der Waals surface area (Å²) in [6, 6.07) is 1.98. The van der Waals surface area contributed by atoms with Gasteiger partial charge in [-0.2, -0.15) is 26.3 Å². The van der Waals surface area contributed by atoms with Crippen LogP contribution in [0.4, 0.5) is 37.7 Å². The summed E-state index contributed by atoms with van der Waals surface area (Å²) in [5, 5.41) is 2.34. The number of halogens is 6. The van der Waals surface area contributed by atoms with Crippen LogP contribution < -0.4 is 10.2 Å². The van der Waals surface area contributed by atoms with Crippen LogP contribution in [0.15, 0.2) is 18.2 Å². The lowest BCUT2D eigenvalue weighted by molar-refractivity contribution is -0.150. The maximum Gasteiger partial charge on any atom is 0.416 e. The van der Waals surface area contributed by atoms with E-state index in [1.54, 1.807) is 11.8 Å². The number of benzene rings is 1. The zero-order valence-electron chi connectivity index (χ0n) is 16.0. The highest BCUT2D eigenvalue weighted by Crippen LogP contribution is 2.37. The molecule has 6 nitrogen and oxygen atoms in total. The Bertz CT molecular complexity index is 818. The lowest BCUT2D eigenvalue weighted by atomic mass is 10.1. The normalized spacial score (nSPS) is 20.0. The first-order valence-corrected chi connectivity index (χ1v) is 9.21. The van der Waals surface area contributed by atoms with Crippen molar-refractivity contribution in [3.05, 3.63) is 23.8 Å². The minimum Gasteiger partial charge on any atom is -0.323 e. The summed E-state index contributed by atoms with van der Waals surface area (Å²) in [4.78, 5) is 29.0. The van der Waals surface area contributed by atoms with E-state index in [4.69, 9.17) is 0 Å². The highest BCUT2D eigenvalue weighted by molar-refractivity contribution is 6.11. The largest absolute Gasteiger partial charge is 0.416 e. The number of anilines is 2. The fourth-order valence-electron chi connectivity index (χ4n) is 3.61. The van der Waals surface area contributed by atoms with Crippen LogP contribution in [0.5, 0.6) is 0 Å². The van der Waals surface area contributed by atoms with Crippen molar-refractivity contribution in [2.75, 3.05) is 49.5 Å². The lowest BCUT2D eigenvalue weighted by Gasteiger charge is -2.39. The Morgan fingerprint density at radius 3 is 2.30 bits per heavy atom. The van der Waals surface area contributed by atoms with Gasteiger partial charge in [0.15, 0.2) is 0 Å². The molecule has 0 aromatic heterocycles. The van der Waals surface area contributed by atoms with E-state index in [1.807, 2.05) is 0 Å². The Balaban J connectivity index is 1.72. The van der Waals surface area contributed by atoms with Gasteiger partial charge in [0.2, 0.25) is 11.8 Å². The van der Waals surface area contributed by atoms with Crippen molar-refractivity contribution in [2.24, 2.45) is 0 Å². The molecule has 1 N–H and O–H groups in total. The summed E-state index contributed by atoms with van der Waals surface area (Å²) in [5.74, 6) is -1.13. The van der Waals surface area contributed by atoms with Gasteiger partial charge in [0.25, 0.3) is 0 Å². The monoisotopic (exact) mass is 438 g/mol. The number of nitrogens with zero attached hydrogens (tertiary/aromatic N) is 3. The number of hydrogen-bond acceptors (Lipinski definition) is 4. The van der Waals surface area contributed by atoms with Crippen LogP contribution in [0.25, 0.3) is 0 Å². The van der Waals surface area contributed by atoms with E-state index in [0.29, 0.717) is 0 Å². The summed E-state index contributed by atoms with van der Waals surface area (Å²) in [7, 11) is 0. The van der Waals surface area contributed by atoms with Gasteiger partial charge in [-0.05, 0) is 25.1 Å². The molecule has 0 bridgehead atoms. The van der Waals surface area contributed by atoms with Crippen LogP contribution in [-0.2, 0) is 15.8 Å². The van der Waals surface area contributed by atoms with Crippen molar-refractivity contribution in [1.29, 1.82) is 0 Å². The van der Waals surface area contributed by atoms with Crippen molar-refractivity contribution in [1.82, 2.24) is 9.80 Å². The summed E-state index contributed by atoms with van der Waals surface area (Å²) in [6.07, 6.45) is -8.90.